The molecule has 0 radical (unpaired) electrons. The van der Waals surface area contributed by atoms with E-state index in [9.17, 15) is 0 Å². The Morgan fingerprint density at radius 2 is 1.94 bits per heavy atom. The fraction of sp³-hybridized carbons (Fsp3) is 0.600. The number of hydrogen-bond acceptors (Lipinski definition) is 2. The molecule has 1 atom stereocenters. The summed E-state index contributed by atoms with van der Waals surface area (Å²) >= 11 is 0. The van der Waals surface area contributed by atoms with Crippen LogP contribution < -0.4 is 5.32 Å². The molecule has 3 rings (SSSR count). The molecule has 17 heavy (non-hydrogen) atoms. The minimum Gasteiger partial charge on any atom is -0.315 e. The summed E-state index contributed by atoms with van der Waals surface area (Å²) in [5.41, 5.74) is 3.16. The van der Waals surface area contributed by atoms with Crippen LogP contribution in [0.25, 0.3) is 0 Å². The molecule has 0 amide bonds. The largest absolute Gasteiger partial charge is 0.315 e. The number of fused-ring (bicyclic) bond motifs is 1. The molecule has 2 heteroatoms. The molecule has 0 spiro atoms. The van der Waals surface area contributed by atoms with Gasteiger partial charge in [-0.3, -0.25) is 4.90 Å². The molecule has 2 aliphatic rings. The van der Waals surface area contributed by atoms with Crippen molar-refractivity contribution >= 4 is 0 Å². The van der Waals surface area contributed by atoms with Crippen molar-refractivity contribution in [2.24, 2.45) is 0 Å². The Bertz CT molecular complexity index is 367. The van der Waals surface area contributed by atoms with Crippen molar-refractivity contribution in [1.29, 1.82) is 0 Å². The fourth-order valence-electron chi connectivity index (χ4n) is 3.22. The van der Waals surface area contributed by atoms with Gasteiger partial charge in [0.1, 0.15) is 0 Å². The number of nitrogens with zero attached hydrogens (tertiary/aromatic N) is 1. The van der Waals surface area contributed by atoms with Crippen molar-refractivity contribution in [3.63, 3.8) is 0 Å². The van der Waals surface area contributed by atoms with Gasteiger partial charge in [0.05, 0.1) is 0 Å². The quantitative estimate of drug-likeness (QED) is 0.792. The van der Waals surface area contributed by atoms with E-state index in [1.807, 2.05) is 0 Å². The van der Waals surface area contributed by atoms with E-state index in [2.05, 4.69) is 34.5 Å². The zero-order chi connectivity index (χ0) is 11.5. The van der Waals surface area contributed by atoms with Crippen molar-refractivity contribution < 1.29 is 0 Å². The van der Waals surface area contributed by atoms with Crippen LogP contribution in [0.5, 0.6) is 0 Å². The maximum atomic E-state index is 3.49. The molecule has 92 valence electrons. The molecule has 1 heterocycles. The van der Waals surface area contributed by atoms with Crippen molar-refractivity contribution in [3.05, 3.63) is 35.4 Å². The smallest absolute Gasteiger partial charge is 0.0139 e. The van der Waals surface area contributed by atoms with E-state index >= 15 is 0 Å². The summed E-state index contributed by atoms with van der Waals surface area (Å²) in [7, 11) is 0. The summed E-state index contributed by atoms with van der Waals surface area (Å²) < 4.78 is 0. The second kappa shape index (κ2) is 5.19. The Balaban J connectivity index is 1.70. The minimum atomic E-state index is 0.782. The van der Waals surface area contributed by atoms with Gasteiger partial charge < -0.3 is 5.32 Å². The normalized spacial score (nSPS) is 26.2. The van der Waals surface area contributed by atoms with Crippen LogP contribution in [0.1, 0.15) is 24.0 Å². The average Bonchev–Trinajstić information content (AvgIpc) is 2.67. The van der Waals surface area contributed by atoms with Crippen LogP contribution in [-0.2, 0) is 12.8 Å². The van der Waals surface area contributed by atoms with Crippen LogP contribution in [0.2, 0.25) is 0 Å². The van der Waals surface area contributed by atoms with E-state index in [1.165, 1.54) is 45.3 Å². The summed E-state index contributed by atoms with van der Waals surface area (Å²) in [6.07, 6.45) is 5.18. The van der Waals surface area contributed by atoms with E-state index in [1.54, 1.807) is 11.1 Å². The third-order valence-corrected chi connectivity index (χ3v) is 4.21. The summed E-state index contributed by atoms with van der Waals surface area (Å²) in [6, 6.07) is 9.76. The van der Waals surface area contributed by atoms with Crippen LogP contribution in [0, 0.1) is 0 Å². The van der Waals surface area contributed by atoms with Crippen molar-refractivity contribution in [1.82, 2.24) is 10.2 Å². The monoisotopic (exact) mass is 230 g/mol. The highest BCUT2D eigenvalue weighted by Crippen LogP contribution is 2.24. The first kappa shape index (κ1) is 11.2. The first-order valence-electron chi connectivity index (χ1n) is 6.95. The molecule has 1 aromatic rings. The molecule has 1 fully saturated rings. The van der Waals surface area contributed by atoms with Gasteiger partial charge in [-0.2, -0.15) is 0 Å². The third-order valence-electron chi connectivity index (χ3n) is 4.21. The van der Waals surface area contributed by atoms with Gasteiger partial charge in [-0.25, -0.2) is 0 Å². The Morgan fingerprint density at radius 1 is 1.06 bits per heavy atom. The zero-order valence-electron chi connectivity index (χ0n) is 10.5. The standard InChI is InChI=1S/C15H22N2/c1-2-5-14-12-15(7-6-13(14)4-1)17-10-3-8-16-9-11-17/h1-2,4-5,15-16H,3,6-12H2. The van der Waals surface area contributed by atoms with Gasteiger partial charge in [0.25, 0.3) is 0 Å². The summed E-state index contributed by atoms with van der Waals surface area (Å²) in [4.78, 5) is 2.70. The molecule has 1 saturated heterocycles. The molecular weight excluding hydrogens is 208 g/mol. The van der Waals surface area contributed by atoms with E-state index < -0.39 is 0 Å². The van der Waals surface area contributed by atoms with Gasteiger partial charge >= 0.3 is 0 Å². The van der Waals surface area contributed by atoms with Crippen molar-refractivity contribution in [3.8, 4) is 0 Å². The average molecular weight is 230 g/mol. The number of hydrogen-bond donors (Lipinski definition) is 1. The van der Waals surface area contributed by atoms with Gasteiger partial charge in [-0.05, 0) is 49.9 Å². The summed E-state index contributed by atoms with van der Waals surface area (Å²) in [5, 5.41) is 3.49. The van der Waals surface area contributed by atoms with Crippen LogP contribution in [0.4, 0.5) is 0 Å². The number of aryl methyl sites for hydroxylation is 1. The zero-order valence-corrected chi connectivity index (χ0v) is 10.5. The Kier molecular flexibility index (Phi) is 3.44. The summed E-state index contributed by atoms with van der Waals surface area (Å²) in [6.45, 7) is 4.87. The Hall–Kier alpha value is -0.860. The summed E-state index contributed by atoms with van der Waals surface area (Å²) in [5.74, 6) is 0. The molecular formula is C15H22N2. The predicted molar refractivity (Wildman–Crippen MR) is 71.3 cm³/mol. The van der Waals surface area contributed by atoms with Gasteiger partial charge in [-0.1, -0.05) is 24.3 Å². The number of rotatable bonds is 1. The van der Waals surface area contributed by atoms with E-state index in [0.29, 0.717) is 0 Å². The van der Waals surface area contributed by atoms with E-state index in [4.69, 9.17) is 0 Å². The maximum absolute atomic E-state index is 3.49. The highest BCUT2D eigenvalue weighted by molar-refractivity contribution is 5.30. The molecule has 1 aromatic carbocycles. The second-order valence-electron chi connectivity index (χ2n) is 5.30. The lowest BCUT2D eigenvalue weighted by Gasteiger charge is -2.34. The van der Waals surface area contributed by atoms with Crippen LogP contribution >= 0.6 is 0 Å². The predicted octanol–water partition coefficient (Wildman–Crippen LogP) is 1.84. The number of nitrogens with one attached hydrogen (secondary N) is 1. The van der Waals surface area contributed by atoms with Gasteiger partial charge in [-0.15, -0.1) is 0 Å². The van der Waals surface area contributed by atoms with Gasteiger partial charge in [0.15, 0.2) is 0 Å². The molecule has 1 N–H and O–H groups in total. The van der Waals surface area contributed by atoms with Gasteiger partial charge in [0.2, 0.25) is 0 Å². The van der Waals surface area contributed by atoms with Crippen molar-refractivity contribution in [2.45, 2.75) is 31.7 Å². The highest BCUT2D eigenvalue weighted by Gasteiger charge is 2.24. The van der Waals surface area contributed by atoms with E-state index in [0.717, 1.165) is 12.6 Å². The number of benzene rings is 1. The lowest BCUT2D eigenvalue weighted by molar-refractivity contribution is 0.191. The first-order chi connectivity index (χ1) is 8.43. The fourth-order valence-corrected chi connectivity index (χ4v) is 3.22. The molecule has 0 aromatic heterocycles. The SMILES string of the molecule is c1ccc2c(c1)CCC(N1CCCNCC1)C2. The van der Waals surface area contributed by atoms with Gasteiger partial charge in [0, 0.05) is 19.1 Å². The lowest BCUT2D eigenvalue weighted by Crippen LogP contribution is -2.41. The Morgan fingerprint density at radius 3 is 2.88 bits per heavy atom. The Labute approximate surface area is 104 Å². The molecule has 2 nitrogen and oxygen atoms in total. The first-order valence-corrected chi connectivity index (χ1v) is 6.95. The maximum Gasteiger partial charge on any atom is 0.0139 e. The second-order valence-corrected chi connectivity index (χ2v) is 5.30. The molecule has 0 bridgehead atoms. The van der Waals surface area contributed by atoms with Crippen LogP contribution in [0.15, 0.2) is 24.3 Å². The molecule has 0 saturated carbocycles. The van der Waals surface area contributed by atoms with E-state index in [-0.39, 0.29) is 0 Å². The molecule has 1 unspecified atom stereocenters. The topological polar surface area (TPSA) is 15.3 Å². The highest BCUT2D eigenvalue weighted by atomic mass is 15.2. The lowest BCUT2D eigenvalue weighted by atomic mass is 9.87. The minimum absolute atomic E-state index is 0.782. The van der Waals surface area contributed by atoms with Crippen LogP contribution in [0.3, 0.4) is 0 Å². The molecule has 1 aliphatic carbocycles. The third kappa shape index (κ3) is 2.53. The van der Waals surface area contributed by atoms with Crippen LogP contribution in [-0.4, -0.2) is 37.1 Å². The van der Waals surface area contributed by atoms with Crippen molar-refractivity contribution in [2.75, 3.05) is 26.2 Å². The molecule has 1 aliphatic heterocycles.